The molecule has 0 unspecified atom stereocenters. The lowest BCUT2D eigenvalue weighted by molar-refractivity contribution is 0.0695. The average molecular weight is 297 g/mol. The van der Waals surface area contributed by atoms with Crippen molar-refractivity contribution in [3.05, 3.63) is 51.8 Å². The molecular formula is C18H19NO3. The third-order valence-corrected chi connectivity index (χ3v) is 4.31. The van der Waals surface area contributed by atoms with Crippen molar-refractivity contribution in [3.8, 4) is 0 Å². The number of rotatable bonds is 3. The Hall–Kier alpha value is -2.36. The Bertz CT molecular complexity index is 830. The highest BCUT2D eigenvalue weighted by Crippen LogP contribution is 2.28. The summed E-state index contributed by atoms with van der Waals surface area (Å²) >= 11 is 0. The van der Waals surface area contributed by atoms with Gasteiger partial charge in [-0.05, 0) is 55.9 Å². The molecule has 0 bridgehead atoms. The van der Waals surface area contributed by atoms with Gasteiger partial charge in [-0.15, -0.1) is 0 Å². The molecule has 1 heterocycles. The van der Waals surface area contributed by atoms with Gasteiger partial charge in [0.15, 0.2) is 0 Å². The Labute approximate surface area is 128 Å². The number of aromatic carboxylic acids is 1. The predicted octanol–water partition coefficient (Wildman–Crippen LogP) is 3.68. The van der Waals surface area contributed by atoms with E-state index in [-0.39, 0.29) is 5.56 Å². The maximum atomic E-state index is 12.5. The summed E-state index contributed by atoms with van der Waals surface area (Å²) in [7, 11) is 0. The molecule has 1 N–H and O–H groups in total. The quantitative estimate of drug-likeness (QED) is 0.940. The number of allylic oxidation sites excluding steroid dienone is 2. The van der Waals surface area contributed by atoms with Gasteiger partial charge in [0, 0.05) is 18.1 Å². The lowest BCUT2D eigenvalue weighted by atomic mass is 9.92. The van der Waals surface area contributed by atoms with Crippen molar-refractivity contribution in [1.82, 2.24) is 4.57 Å². The van der Waals surface area contributed by atoms with Gasteiger partial charge in [0.05, 0.1) is 5.52 Å². The summed E-state index contributed by atoms with van der Waals surface area (Å²) in [5.41, 5.74) is 2.53. The third kappa shape index (κ3) is 2.45. The molecule has 4 heteroatoms. The van der Waals surface area contributed by atoms with Gasteiger partial charge in [-0.25, -0.2) is 4.79 Å². The fraction of sp³-hybridized carbons (Fsp3) is 0.333. The molecule has 1 aliphatic rings. The number of fused-ring (bicyclic) bond motifs is 1. The van der Waals surface area contributed by atoms with Crippen LogP contribution in [0.15, 0.2) is 35.3 Å². The van der Waals surface area contributed by atoms with E-state index in [1.54, 1.807) is 0 Å². The summed E-state index contributed by atoms with van der Waals surface area (Å²) in [5.74, 6) is -1.17. The summed E-state index contributed by atoms with van der Waals surface area (Å²) in [4.78, 5) is 23.8. The van der Waals surface area contributed by atoms with Crippen LogP contribution >= 0.6 is 0 Å². The molecule has 0 atom stereocenters. The van der Waals surface area contributed by atoms with Crippen molar-refractivity contribution in [3.63, 3.8) is 0 Å². The normalized spacial score (nSPS) is 14.9. The van der Waals surface area contributed by atoms with Crippen molar-refractivity contribution in [2.45, 2.75) is 39.2 Å². The maximum Gasteiger partial charge on any atom is 0.341 e. The minimum Gasteiger partial charge on any atom is -0.477 e. The number of benzene rings is 1. The molecule has 0 amide bonds. The van der Waals surface area contributed by atoms with Crippen LogP contribution in [0, 0.1) is 0 Å². The maximum absolute atomic E-state index is 12.5. The van der Waals surface area contributed by atoms with Gasteiger partial charge in [-0.3, -0.25) is 4.79 Å². The zero-order valence-corrected chi connectivity index (χ0v) is 12.6. The summed E-state index contributed by atoms with van der Waals surface area (Å²) in [6.07, 6.45) is 8.13. The first kappa shape index (κ1) is 14.6. The number of carbonyl (C=O) groups is 1. The molecule has 1 aromatic heterocycles. The molecule has 0 aliphatic heterocycles. The van der Waals surface area contributed by atoms with Crippen LogP contribution in [-0.2, 0) is 6.54 Å². The molecule has 1 aromatic carbocycles. The molecule has 114 valence electrons. The molecular weight excluding hydrogens is 278 g/mol. The number of aryl methyl sites for hydroxylation is 1. The zero-order valence-electron chi connectivity index (χ0n) is 12.6. The Morgan fingerprint density at radius 2 is 2.14 bits per heavy atom. The van der Waals surface area contributed by atoms with Crippen LogP contribution in [0.3, 0.4) is 0 Å². The van der Waals surface area contributed by atoms with Gasteiger partial charge < -0.3 is 9.67 Å². The van der Waals surface area contributed by atoms with Crippen LogP contribution in [-0.4, -0.2) is 15.6 Å². The van der Waals surface area contributed by atoms with E-state index < -0.39 is 11.4 Å². The summed E-state index contributed by atoms with van der Waals surface area (Å²) < 4.78 is 1.82. The highest BCUT2D eigenvalue weighted by molar-refractivity contribution is 5.93. The lowest BCUT2D eigenvalue weighted by Crippen LogP contribution is -2.18. The fourth-order valence-corrected chi connectivity index (χ4v) is 3.11. The van der Waals surface area contributed by atoms with Crippen LogP contribution in [0.5, 0.6) is 0 Å². The largest absolute Gasteiger partial charge is 0.477 e. The van der Waals surface area contributed by atoms with Crippen molar-refractivity contribution in [2.75, 3.05) is 0 Å². The van der Waals surface area contributed by atoms with Gasteiger partial charge in [0.1, 0.15) is 5.56 Å². The number of aromatic nitrogens is 1. The minimum atomic E-state index is -1.17. The minimum absolute atomic E-state index is 0.163. The van der Waals surface area contributed by atoms with Crippen LogP contribution in [0.1, 0.15) is 48.5 Å². The number of pyridine rings is 1. The predicted molar refractivity (Wildman–Crippen MR) is 87.3 cm³/mol. The molecule has 0 radical (unpaired) electrons. The number of hydrogen-bond acceptors (Lipinski definition) is 2. The van der Waals surface area contributed by atoms with E-state index >= 15 is 0 Å². The van der Waals surface area contributed by atoms with Crippen molar-refractivity contribution < 1.29 is 9.90 Å². The topological polar surface area (TPSA) is 59.3 Å². The lowest BCUT2D eigenvalue weighted by Gasteiger charge is -2.15. The van der Waals surface area contributed by atoms with E-state index in [0.29, 0.717) is 11.9 Å². The van der Waals surface area contributed by atoms with E-state index in [4.69, 9.17) is 0 Å². The van der Waals surface area contributed by atoms with Gasteiger partial charge in [-0.1, -0.05) is 12.1 Å². The number of carboxylic acid groups (broad SMARTS) is 1. The molecule has 0 saturated heterocycles. The monoisotopic (exact) mass is 297 g/mol. The van der Waals surface area contributed by atoms with Crippen molar-refractivity contribution in [1.29, 1.82) is 0 Å². The molecule has 1 aliphatic carbocycles. The average Bonchev–Trinajstić information content (AvgIpc) is 2.55. The van der Waals surface area contributed by atoms with Gasteiger partial charge in [0.25, 0.3) is 0 Å². The second-order valence-electron chi connectivity index (χ2n) is 5.67. The van der Waals surface area contributed by atoms with Gasteiger partial charge in [-0.2, -0.15) is 0 Å². The Kier molecular flexibility index (Phi) is 3.84. The van der Waals surface area contributed by atoms with Crippen LogP contribution in [0.25, 0.3) is 16.5 Å². The van der Waals surface area contributed by atoms with E-state index in [1.165, 1.54) is 18.2 Å². The number of carboxylic acids is 1. The molecule has 22 heavy (non-hydrogen) atoms. The number of hydrogen-bond donors (Lipinski definition) is 1. The Balaban J connectivity index is 2.26. The first-order valence-corrected chi connectivity index (χ1v) is 7.71. The number of nitrogens with zero attached hydrogens (tertiary/aromatic N) is 1. The smallest absolute Gasteiger partial charge is 0.341 e. The van der Waals surface area contributed by atoms with Gasteiger partial charge in [0.2, 0.25) is 5.43 Å². The molecule has 3 rings (SSSR count). The van der Waals surface area contributed by atoms with Crippen molar-refractivity contribution in [2.24, 2.45) is 0 Å². The highest BCUT2D eigenvalue weighted by atomic mass is 16.4. The second-order valence-corrected chi connectivity index (χ2v) is 5.67. The third-order valence-electron chi connectivity index (χ3n) is 4.31. The SMILES string of the molecule is CCn1cc(C(=O)O)c(=O)c2cc(C3=CCCCC3)ccc21. The second kappa shape index (κ2) is 5.79. The van der Waals surface area contributed by atoms with Crippen LogP contribution in [0.2, 0.25) is 0 Å². The fourth-order valence-electron chi connectivity index (χ4n) is 3.11. The molecule has 0 spiro atoms. The molecule has 4 nitrogen and oxygen atoms in total. The summed E-state index contributed by atoms with van der Waals surface area (Å²) in [6, 6.07) is 5.82. The molecule has 0 fully saturated rings. The van der Waals surface area contributed by atoms with Crippen LogP contribution in [0.4, 0.5) is 0 Å². The molecule has 2 aromatic rings. The standard InChI is InChI=1S/C18H19NO3/c1-2-19-11-15(18(21)22)17(20)14-10-13(8-9-16(14)19)12-6-4-3-5-7-12/h6,8-11H,2-5,7H2,1H3,(H,21,22). The van der Waals surface area contributed by atoms with Gasteiger partial charge >= 0.3 is 5.97 Å². The first-order valence-electron chi connectivity index (χ1n) is 7.71. The van der Waals surface area contributed by atoms with E-state index in [2.05, 4.69) is 6.08 Å². The van der Waals surface area contributed by atoms with E-state index in [0.717, 1.165) is 30.3 Å². The summed E-state index contributed by atoms with van der Waals surface area (Å²) in [6.45, 7) is 2.56. The van der Waals surface area contributed by atoms with Crippen molar-refractivity contribution >= 4 is 22.4 Å². The van der Waals surface area contributed by atoms with Crippen LogP contribution < -0.4 is 5.43 Å². The highest BCUT2D eigenvalue weighted by Gasteiger charge is 2.15. The summed E-state index contributed by atoms with van der Waals surface area (Å²) in [5, 5.41) is 9.73. The van der Waals surface area contributed by atoms with E-state index in [9.17, 15) is 14.7 Å². The Morgan fingerprint density at radius 1 is 1.32 bits per heavy atom. The first-order chi connectivity index (χ1) is 10.6. The Morgan fingerprint density at radius 3 is 2.77 bits per heavy atom. The van der Waals surface area contributed by atoms with E-state index in [1.807, 2.05) is 29.7 Å². The zero-order chi connectivity index (χ0) is 15.7. The molecule has 0 saturated carbocycles.